The van der Waals surface area contributed by atoms with Crippen molar-refractivity contribution in [3.8, 4) is 0 Å². The van der Waals surface area contributed by atoms with Crippen LogP contribution < -0.4 is 0 Å². The summed E-state index contributed by atoms with van der Waals surface area (Å²) < 4.78 is 17.3. The summed E-state index contributed by atoms with van der Waals surface area (Å²) in [6.07, 6.45) is 1.95. The van der Waals surface area contributed by atoms with Crippen molar-refractivity contribution in [3.05, 3.63) is 47.9 Å². The number of hydrogen-bond acceptors (Lipinski definition) is 3. The predicted octanol–water partition coefficient (Wildman–Crippen LogP) is 3.39. The molecule has 0 amide bonds. The average molecular weight is 274 g/mol. The van der Waals surface area contributed by atoms with E-state index in [-0.39, 0.29) is 18.3 Å². The van der Waals surface area contributed by atoms with Gasteiger partial charge in [0.05, 0.1) is 24.4 Å². The maximum atomic E-state index is 5.86. The second kappa shape index (κ2) is 6.12. The molecule has 1 fully saturated rings. The van der Waals surface area contributed by atoms with E-state index in [0.29, 0.717) is 13.2 Å². The topological polar surface area (TPSA) is 27.7 Å². The van der Waals surface area contributed by atoms with Crippen LogP contribution in [0.25, 0.3) is 0 Å². The van der Waals surface area contributed by atoms with E-state index in [1.807, 2.05) is 57.9 Å². The Balaban J connectivity index is 1.73. The van der Waals surface area contributed by atoms with Gasteiger partial charge in [-0.1, -0.05) is 42.4 Å². The van der Waals surface area contributed by atoms with Crippen LogP contribution in [-0.2, 0) is 20.7 Å². The van der Waals surface area contributed by atoms with Crippen LogP contribution in [0.2, 0.25) is 0 Å². The van der Waals surface area contributed by atoms with Crippen LogP contribution in [-0.4, -0.2) is 24.9 Å². The molecule has 20 heavy (non-hydrogen) atoms. The molecule has 1 aromatic carbocycles. The van der Waals surface area contributed by atoms with Gasteiger partial charge in [-0.05, 0) is 33.3 Å². The lowest BCUT2D eigenvalue weighted by Gasteiger charge is -2.32. The maximum absolute atomic E-state index is 5.86. The summed E-state index contributed by atoms with van der Waals surface area (Å²) in [6, 6.07) is 10.1. The Labute approximate surface area is 122 Å². The van der Waals surface area contributed by atoms with Crippen LogP contribution in [0.4, 0.5) is 0 Å². The van der Waals surface area contributed by atoms with E-state index >= 15 is 0 Å². The second-order valence-corrected chi connectivity index (χ2v) is 6.05. The van der Waals surface area contributed by atoms with Gasteiger partial charge in [-0.15, -0.1) is 0 Å². The molecule has 108 valence electrons. The quantitative estimate of drug-likeness (QED) is 0.608. The number of benzene rings is 1. The lowest BCUT2D eigenvalue weighted by atomic mass is 9.90. The maximum Gasteiger partial charge on any atom is 0.486 e. The normalized spacial score (nSPS) is 20.7. The summed E-state index contributed by atoms with van der Waals surface area (Å²) >= 11 is 0. The average Bonchev–Trinajstić information content (AvgIpc) is 2.58. The first kappa shape index (κ1) is 15.3. The molecule has 0 atom stereocenters. The Morgan fingerprint density at radius 1 is 1.05 bits per heavy atom. The minimum absolute atomic E-state index is 0.285. The summed E-state index contributed by atoms with van der Waals surface area (Å²) in [5.41, 5.74) is 0.608. The first-order valence-corrected chi connectivity index (χ1v) is 7.05. The molecule has 2 rings (SSSR count). The largest absolute Gasteiger partial charge is 0.486 e. The lowest BCUT2D eigenvalue weighted by molar-refractivity contribution is 0.00578. The van der Waals surface area contributed by atoms with E-state index in [0.717, 1.165) is 0 Å². The van der Waals surface area contributed by atoms with Gasteiger partial charge in [0.2, 0.25) is 0 Å². The smallest absolute Gasteiger partial charge is 0.400 e. The number of hydrogen-bond donors (Lipinski definition) is 0. The fraction of sp³-hybridized carbons (Fsp3) is 0.500. The molecule has 3 nitrogen and oxygen atoms in total. The molecule has 1 heterocycles. The third-order valence-corrected chi connectivity index (χ3v) is 3.89. The monoisotopic (exact) mass is 274 g/mol. The van der Waals surface area contributed by atoms with Gasteiger partial charge in [0.1, 0.15) is 0 Å². The fourth-order valence-electron chi connectivity index (χ4n) is 1.95. The Kier molecular flexibility index (Phi) is 4.68. The molecule has 1 aromatic rings. The zero-order valence-corrected chi connectivity index (χ0v) is 12.8. The van der Waals surface area contributed by atoms with Crippen LogP contribution in [0, 0.1) is 0 Å². The van der Waals surface area contributed by atoms with Gasteiger partial charge in [0.15, 0.2) is 0 Å². The molecular weight excluding hydrogens is 251 g/mol. The molecule has 1 aliphatic heterocycles. The van der Waals surface area contributed by atoms with Gasteiger partial charge >= 0.3 is 7.12 Å². The third-order valence-electron chi connectivity index (χ3n) is 3.89. The summed E-state index contributed by atoms with van der Waals surface area (Å²) in [6.45, 7) is 9.37. The Bertz CT molecular complexity index is 438. The van der Waals surface area contributed by atoms with E-state index in [1.54, 1.807) is 0 Å². The Hall–Kier alpha value is -1.10. The van der Waals surface area contributed by atoms with Gasteiger partial charge < -0.3 is 14.0 Å². The zero-order valence-electron chi connectivity index (χ0n) is 12.8. The molecule has 1 saturated heterocycles. The molecule has 4 heteroatoms. The van der Waals surface area contributed by atoms with E-state index in [9.17, 15) is 0 Å². The molecule has 0 aliphatic carbocycles. The standard InChI is InChI=1S/C16H23BO3/c1-15(2)16(3,4)20-17(19-15)11-8-12-18-13-14-9-6-5-7-10-14/h5-11H,12-13H2,1-4H3. The van der Waals surface area contributed by atoms with Crippen molar-refractivity contribution in [3.63, 3.8) is 0 Å². The van der Waals surface area contributed by atoms with Crippen molar-refractivity contribution in [1.29, 1.82) is 0 Å². The number of rotatable bonds is 5. The van der Waals surface area contributed by atoms with E-state index in [2.05, 4.69) is 12.1 Å². The summed E-state index contributed by atoms with van der Waals surface area (Å²) in [5.74, 6) is 1.92. The second-order valence-electron chi connectivity index (χ2n) is 6.05. The van der Waals surface area contributed by atoms with Crippen LogP contribution in [0.5, 0.6) is 0 Å². The predicted molar refractivity (Wildman–Crippen MR) is 81.3 cm³/mol. The van der Waals surface area contributed by atoms with Crippen LogP contribution in [0.3, 0.4) is 0 Å². The molecule has 0 bridgehead atoms. The molecule has 0 radical (unpaired) electrons. The zero-order chi connectivity index (χ0) is 14.6. The van der Waals surface area contributed by atoms with Gasteiger partial charge in [0.25, 0.3) is 0 Å². The van der Waals surface area contributed by atoms with Gasteiger partial charge in [-0.2, -0.15) is 0 Å². The van der Waals surface area contributed by atoms with E-state index in [4.69, 9.17) is 14.0 Å². The van der Waals surface area contributed by atoms with Gasteiger partial charge in [-0.3, -0.25) is 0 Å². The fourth-order valence-corrected chi connectivity index (χ4v) is 1.95. The molecule has 0 saturated carbocycles. The van der Waals surface area contributed by atoms with E-state index in [1.165, 1.54) is 5.56 Å². The summed E-state index contributed by atoms with van der Waals surface area (Å²) in [5, 5.41) is 0. The highest BCUT2D eigenvalue weighted by Gasteiger charge is 2.49. The highest BCUT2D eigenvalue weighted by molar-refractivity contribution is 6.51. The van der Waals surface area contributed by atoms with Crippen molar-refractivity contribution in [2.75, 3.05) is 6.61 Å². The van der Waals surface area contributed by atoms with Gasteiger partial charge in [0, 0.05) is 0 Å². The minimum Gasteiger partial charge on any atom is -0.400 e. The molecule has 0 aromatic heterocycles. The minimum atomic E-state index is -0.291. The number of ether oxygens (including phenoxy) is 1. The first-order valence-electron chi connectivity index (χ1n) is 7.05. The van der Waals surface area contributed by atoms with Crippen LogP contribution in [0.15, 0.2) is 42.4 Å². The van der Waals surface area contributed by atoms with Crippen LogP contribution in [0.1, 0.15) is 33.3 Å². The van der Waals surface area contributed by atoms with Crippen molar-refractivity contribution in [2.45, 2.75) is 45.5 Å². The third kappa shape index (κ3) is 3.72. The highest BCUT2D eigenvalue weighted by atomic mass is 16.7. The first-order chi connectivity index (χ1) is 9.41. The summed E-state index contributed by atoms with van der Waals surface area (Å²) in [7, 11) is -0.291. The highest BCUT2D eigenvalue weighted by Crippen LogP contribution is 2.36. The van der Waals surface area contributed by atoms with E-state index < -0.39 is 0 Å². The Morgan fingerprint density at radius 3 is 2.25 bits per heavy atom. The van der Waals surface area contributed by atoms with Crippen molar-refractivity contribution >= 4 is 7.12 Å². The molecule has 0 unspecified atom stereocenters. The SMILES string of the molecule is CC1(C)OB(C=CCOCc2ccccc2)OC1(C)C. The van der Waals surface area contributed by atoms with Crippen molar-refractivity contribution < 1.29 is 14.0 Å². The molecule has 1 aliphatic rings. The molecule has 0 spiro atoms. The molecule has 0 N–H and O–H groups in total. The van der Waals surface area contributed by atoms with Crippen molar-refractivity contribution in [1.82, 2.24) is 0 Å². The summed E-state index contributed by atoms with van der Waals surface area (Å²) in [4.78, 5) is 0. The lowest BCUT2D eigenvalue weighted by Crippen LogP contribution is -2.41. The molecular formula is C16H23BO3. The Morgan fingerprint density at radius 2 is 1.65 bits per heavy atom. The van der Waals surface area contributed by atoms with Crippen molar-refractivity contribution in [2.24, 2.45) is 0 Å². The van der Waals surface area contributed by atoms with Gasteiger partial charge in [-0.25, -0.2) is 0 Å². The van der Waals surface area contributed by atoms with Crippen LogP contribution >= 0.6 is 0 Å².